The highest BCUT2D eigenvalue weighted by atomic mass is 79.9. The van der Waals surface area contributed by atoms with E-state index in [1.807, 2.05) is 66.7 Å². The summed E-state index contributed by atoms with van der Waals surface area (Å²) < 4.78 is 6.56. The molecule has 5 nitrogen and oxygen atoms in total. The predicted octanol–water partition coefficient (Wildman–Crippen LogP) is 5.38. The fourth-order valence-electron chi connectivity index (χ4n) is 2.60. The number of fused-ring (bicyclic) bond motifs is 1. The number of rotatable bonds is 5. The van der Waals surface area contributed by atoms with Crippen molar-refractivity contribution in [2.45, 2.75) is 5.22 Å². The molecule has 134 valence electrons. The maximum atomic E-state index is 12.2. The Morgan fingerprint density at radius 1 is 1.00 bits per heavy atom. The smallest absolute Gasteiger partial charge is 0.277 e. The fraction of sp³-hybridized carbons (Fsp3) is 0.0500. The third kappa shape index (κ3) is 4.37. The zero-order valence-electron chi connectivity index (χ0n) is 14.1. The summed E-state index contributed by atoms with van der Waals surface area (Å²) in [5.74, 6) is 0.485. The van der Waals surface area contributed by atoms with Crippen LogP contribution in [0, 0.1) is 0 Å². The second-order valence-corrected chi connectivity index (χ2v) is 7.62. The average Bonchev–Trinajstić information content (AvgIpc) is 3.15. The highest BCUT2D eigenvalue weighted by molar-refractivity contribution is 9.10. The zero-order valence-corrected chi connectivity index (χ0v) is 16.5. The van der Waals surface area contributed by atoms with Crippen molar-refractivity contribution in [3.05, 3.63) is 71.2 Å². The van der Waals surface area contributed by atoms with Crippen LogP contribution in [0.25, 0.3) is 22.2 Å². The van der Waals surface area contributed by atoms with Gasteiger partial charge >= 0.3 is 0 Å². The van der Waals surface area contributed by atoms with E-state index in [4.69, 9.17) is 4.42 Å². The molecule has 0 unspecified atom stereocenters. The number of amides is 1. The summed E-state index contributed by atoms with van der Waals surface area (Å²) in [7, 11) is 0. The Labute approximate surface area is 168 Å². The molecular weight excluding hydrogens is 426 g/mol. The van der Waals surface area contributed by atoms with Gasteiger partial charge in [-0.1, -0.05) is 64.1 Å². The SMILES string of the molecule is O=C(CSc1nnc(-c2cccc(Br)c2)o1)Nc1ccc2ccccc2c1. The summed E-state index contributed by atoms with van der Waals surface area (Å²) in [5.41, 5.74) is 1.59. The Morgan fingerprint density at radius 3 is 2.70 bits per heavy atom. The van der Waals surface area contributed by atoms with Crippen molar-refractivity contribution in [3.63, 3.8) is 0 Å². The molecule has 0 atom stereocenters. The van der Waals surface area contributed by atoms with Gasteiger partial charge in [-0.25, -0.2) is 0 Å². The number of hydrogen-bond acceptors (Lipinski definition) is 5. The minimum absolute atomic E-state index is 0.127. The second kappa shape index (κ2) is 7.94. The topological polar surface area (TPSA) is 68.0 Å². The van der Waals surface area contributed by atoms with E-state index < -0.39 is 0 Å². The molecule has 4 rings (SSSR count). The van der Waals surface area contributed by atoms with E-state index in [-0.39, 0.29) is 11.7 Å². The molecule has 0 aliphatic rings. The number of aromatic nitrogens is 2. The van der Waals surface area contributed by atoms with Crippen molar-refractivity contribution in [3.8, 4) is 11.5 Å². The molecule has 1 N–H and O–H groups in total. The molecule has 0 bridgehead atoms. The van der Waals surface area contributed by atoms with Crippen molar-refractivity contribution >= 4 is 50.1 Å². The van der Waals surface area contributed by atoms with Crippen LogP contribution in [-0.4, -0.2) is 21.9 Å². The number of anilines is 1. The normalized spacial score (nSPS) is 10.9. The van der Waals surface area contributed by atoms with Crippen LogP contribution >= 0.6 is 27.7 Å². The van der Waals surface area contributed by atoms with Gasteiger partial charge in [-0.2, -0.15) is 0 Å². The van der Waals surface area contributed by atoms with Crippen LogP contribution in [0.15, 0.2) is 80.8 Å². The van der Waals surface area contributed by atoms with Crippen molar-refractivity contribution < 1.29 is 9.21 Å². The number of thioether (sulfide) groups is 1. The molecule has 27 heavy (non-hydrogen) atoms. The number of halogens is 1. The Bertz CT molecular complexity index is 1110. The van der Waals surface area contributed by atoms with E-state index in [2.05, 4.69) is 31.4 Å². The highest BCUT2D eigenvalue weighted by Gasteiger charge is 2.12. The van der Waals surface area contributed by atoms with Gasteiger partial charge in [0.2, 0.25) is 11.8 Å². The lowest BCUT2D eigenvalue weighted by atomic mass is 10.1. The lowest BCUT2D eigenvalue weighted by molar-refractivity contribution is -0.113. The van der Waals surface area contributed by atoms with Crippen LogP contribution in [0.4, 0.5) is 5.69 Å². The predicted molar refractivity (Wildman–Crippen MR) is 111 cm³/mol. The molecule has 0 aliphatic heterocycles. The van der Waals surface area contributed by atoms with Crippen LogP contribution in [0.3, 0.4) is 0 Å². The summed E-state index contributed by atoms with van der Waals surface area (Å²) in [6, 6.07) is 21.5. The summed E-state index contributed by atoms with van der Waals surface area (Å²) in [5, 5.41) is 13.5. The van der Waals surface area contributed by atoms with E-state index in [0.717, 1.165) is 26.5 Å². The van der Waals surface area contributed by atoms with Crippen molar-refractivity contribution in [1.82, 2.24) is 10.2 Å². The van der Waals surface area contributed by atoms with Crippen molar-refractivity contribution in [2.75, 3.05) is 11.1 Å². The van der Waals surface area contributed by atoms with E-state index >= 15 is 0 Å². The van der Waals surface area contributed by atoms with E-state index in [1.165, 1.54) is 11.8 Å². The van der Waals surface area contributed by atoms with Gasteiger partial charge in [0.1, 0.15) is 0 Å². The minimum Gasteiger partial charge on any atom is -0.411 e. The average molecular weight is 440 g/mol. The first-order valence-electron chi connectivity index (χ1n) is 8.18. The standard InChI is InChI=1S/C20H14BrN3O2S/c21-16-7-3-6-15(10-16)19-23-24-20(26-19)27-12-18(25)22-17-9-8-13-4-1-2-5-14(13)11-17/h1-11H,12H2,(H,22,25). The largest absolute Gasteiger partial charge is 0.411 e. The van der Waals surface area contributed by atoms with Gasteiger partial charge < -0.3 is 9.73 Å². The summed E-state index contributed by atoms with van der Waals surface area (Å²) >= 11 is 4.62. The molecule has 1 amide bonds. The van der Waals surface area contributed by atoms with E-state index in [1.54, 1.807) is 0 Å². The molecule has 4 aromatic rings. The van der Waals surface area contributed by atoms with Crippen molar-refractivity contribution in [1.29, 1.82) is 0 Å². The molecule has 1 heterocycles. The minimum atomic E-state index is -0.127. The van der Waals surface area contributed by atoms with Gasteiger partial charge in [0, 0.05) is 15.7 Å². The first kappa shape index (κ1) is 17.8. The summed E-state index contributed by atoms with van der Waals surface area (Å²) in [6.45, 7) is 0. The first-order valence-corrected chi connectivity index (χ1v) is 9.96. The first-order chi connectivity index (χ1) is 13.2. The molecular formula is C20H14BrN3O2S. The molecule has 0 fully saturated rings. The van der Waals surface area contributed by atoms with Crippen LogP contribution < -0.4 is 5.32 Å². The van der Waals surface area contributed by atoms with Gasteiger partial charge in [-0.05, 0) is 41.1 Å². The van der Waals surface area contributed by atoms with Gasteiger partial charge in [0.05, 0.1) is 5.75 Å². The lowest BCUT2D eigenvalue weighted by Crippen LogP contribution is -2.13. The van der Waals surface area contributed by atoms with Crippen LogP contribution in [0.5, 0.6) is 0 Å². The Hall–Kier alpha value is -2.64. The van der Waals surface area contributed by atoms with Crippen LogP contribution in [-0.2, 0) is 4.79 Å². The second-order valence-electron chi connectivity index (χ2n) is 5.78. The molecule has 0 radical (unpaired) electrons. The number of carbonyl (C=O) groups excluding carboxylic acids is 1. The maximum absolute atomic E-state index is 12.2. The maximum Gasteiger partial charge on any atom is 0.277 e. The molecule has 0 aliphatic carbocycles. The van der Waals surface area contributed by atoms with Crippen LogP contribution in [0.2, 0.25) is 0 Å². The highest BCUT2D eigenvalue weighted by Crippen LogP contribution is 2.25. The summed E-state index contributed by atoms with van der Waals surface area (Å²) in [4.78, 5) is 12.2. The fourth-order valence-corrected chi connectivity index (χ4v) is 3.56. The quantitative estimate of drug-likeness (QED) is 0.422. The Balaban J connectivity index is 1.37. The van der Waals surface area contributed by atoms with Gasteiger partial charge in [0.15, 0.2) is 0 Å². The summed E-state index contributed by atoms with van der Waals surface area (Å²) in [6.07, 6.45) is 0. The van der Waals surface area contributed by atoms with E-state index in [9.17, 15) is 4.79 Å². The van der Waals surface area contributed by atoms with Gasteiger partial charge in [0.25, 0.3) is 5.22 Å². The third-order valence-corrected chi connectivity index (χ3v) is 5.15. The molecule has 0 saturated heterocycles. The number of hydrogen-bond donors (Lipinski definition) is 1. The number of nitrogens with one attached hydrogen (secondary N) is 1. The van der Waals surface area contributed by atoms with E-state index in [0.29, 0.717) is 11.1 Å². The molecule has 1 aromatic heterocycles. The molecule has 7 heteroatoms. The zero-order chi connectivity index (χ0) is 18.6. The number of carbonyl (C=O) groups is 1. The van der Waals surface area contributed by atoms with Crippen molar-refractivity contribution in [2.24, 2.45) is 0 Å². The lowest BCUT2D eigenvalue weighted by Gasteiger charge is -2.05. The van der Waals surface area contributed by atoms with Gasteiger partial charge in [-0.15, -0.1) is 10.2 Å². The molecule has 3 aromatic carbocycles. The monoisotopic (exact) mass is 439 g/mol. The molecule has 0 spiro atoms. The molecule has 0 saturated carbocycles. The number of nitrogens with zero attached hydrogens (tertiary/aromatic N) is 2. The third-order valence-electron chi connectivity index (χ3n) is 3.84. The van der Waals surface area contributed by atoms with Gasteiger partial charge in [-0.3, -0.25) is 4.79 Å². The Kier molecular flexibility index (Phi) is 5.22. The Morgan fingerprint density at radius 2 is 1.85 bits per heavy atom. The van der Waals surface area contributed by atoms with Crippen LogP contribution in [0.1, 0.15) is 0 Å². The number of benzene rings is 3.